The summed E-state index contributed by atoms with van der Waals surface area (Å²) in [5.74, 6) is 0.404. The van der Waals surface area contributed by atoms with Crippen molar-refractivity contribution >= 4 is 11.6 Å². The molecule has 8 heteroatoms. The zero-order chi connectivity index (χ0) is 15.6. The number of hydrogen-bond donors (Lipinski definition) is 1. The molecule has 0 radical (unpaired) electrons. The van der Waals surface area contributed by atoms with E-state index < -0.39 is 0 Å². The third kappa shape index (κ3) is 3.62. The van der Waals surface area contributed by atoms with E-state index in [2.05, 4.69) is 10.2 Å². The van der Waals surface area contributed by atoms with Crippen LogP contribution in [-0.2, 0) is 13.6 Å². The van der Waals surface area contributed by atoms with Gasteiger partial charge in [0, 0.05) is 19.2 Å². The summed E-state index contributed by atoms with van der Waals surface area (Å²) in [6, 6.07) is 1.27. The molecule has 7 nitrogen and oxygen atoms in total. The van der Waals surface area contributed by atoms with Gasteiger partial charge in [0.05, 0.1) is 29.2 Å². The topological polar surface area (TPSA) is 88.0 Å². The Morgan fingerprint density at radius 1 is 1.52 bits per heavy atom. The van der Waals surface area contributed by atoms with E-state index in [4.69, 9.17) is 22.1 Å². The SMILES string of the molecule is Cc1nn(C)c(Cn2ncc(OCC(C)N)cc2=O)c1Cl. The van der Waals surface area contributed by atoms with Crippen LogP contribution in [0.5, 0.6) is 5.75 Å². The highest BCUT2D eigenvalue weighted by atomic mass is 35.5. The van der Waals surface area contributed by atoms with Crippen LogP contribution in [-0.4, -0.2) is 32.2 Å². The molecule has 0 bridgehead atoms. The zero-order valence-electron chi connectivity index (χ0n) is 12.2. The molecule has 0 spiro atoms. The summed E-state index contributed by atoms with van der Waals surface area (Å²) in [5, 5.41) is 8.83. The number of nitrogens with zero attached hydrogens (tertiary/aromatic N) is 4. The number of ether oxygens (including phenoxy) is 1. The van der Waals surface area contributed by atoms with E-state index in [1.165, 1.54) is 16.9 Å². The number of nitrogens with two attached hydrogens (primary N) is 1. The smallest absolute Gasteiger partial charge is 0.270 e. The first-order chi connectivity index (χ1) is 9.88. The van der Waals surface area contributed by atoms with Gasteiger partial charge in [-0.25, -0.2) is 4.68 Å². The minimum absolute atomic E-state index is 0.108. The lowest BCUT2D eigenvalue weighted by Crippen LogP contribution is -2.26. The van der Waals surface area contributed by atoms with Crippen LogP contribution in [0.4, 0.5) is 0 Å². The molecule has 2 aromatic heterocycles. The first kappa shape index (κ1) is 15.5. The second-order valence-electron chi connectivity index (χ2n) is 4.95. The molecule has 0 aromatic carbocycles. The van der Waals surface area contributed by atoms with Gasteiger partial charge < -0.3 is 10.5 Å². The van der Waals surface area contributed by atoms with E-state index in [9.17, 15) is 4.79 Å². The Balaban J connectivity index is 2.20. The highest BCUT2D eigenvalue weighted by Gasteiger charge is 2.13. The van der Waals surface area contributed by atoms with Crippen LogP contribution in [0.25, 0.3) is 0 Å². The van der Waals surface area contributed by atoms with Gasteiger partial charge in [-0.2, -0.15) is 10.2 Å². The summed E-state index contributed by atoms with van der Waals surface area (Å²) < 4.78 is 8.31. The van der Waals surface area contributed by atoms with Crippen molar-refractivity contribution in [2.45, 2.75) is 26.4 Å². The molecular weight excluding hydrogens is 294 g/mol. The Morgan fingerprint density at radius 2 is 2.24 bits per heavy atom. The van der Waals surface area contributed by atoms with E-state index >= 15 is 0 Å². The molecule has 1 unspecified atom stereocenters. The minimum atomic E-state index is -0.271. The van der Waals surface area contributed by atoms with Crippen molar-refractivity contribution < 1.29 is 4.74 Å². The molecule has 0 amide bonds. The second kappa shape index (κ2) is 6.28. The average Bonchev–Trinajstić information content (AvgIpc) is 2.65. The molecule has 2 aromatic rings. The molecule has 2 rings (SSSR count). The first-order valence-corrected chi connectivity index (χ1v) is 6.89. The molecule has 1 atom stereocenters. The fourth-order valence-corrected chi connectivity index (χ4v) is 2.06. The van der Waals surface area contributed by atoms with Crippen LogP contribution in [0.15, 0.2) is 17.1 Å². The van der Waals surface area contributed by atoms with E-state index in [-0.39, 0.29) is 18.1 Å². The summed E-state index contributed by atoms with van der Waals surface area (Å²) in [5.41, 5.74) is 6.77. The molecule has 0 aliphatic carbocycles. The Kier molecular flexibility index (Phi) is 4.64. The van der Waals surface area contributed by atoms with Crippen molar-refractivity contribution in [1.82, 2.24) is 19.6 Å². The Labute approximate surface area is 127 Å². The molecule has 2 N–H and O–H groups in total. The Hall–Kier alpha value is -1.86. The molecule has 0 saturated carbocycles. The van der Waals surface area contributed by atoms with Crippen LogP contribution in [0, 0.1) is 6.92 Å². The van der Waals surface area contributed by atoms with Crippen molar-refractivity contribution in [3.05, 3.63) is 39.0 Å². The van der Waals surface area contributed by atoms with Crippen molar-refractivity contribution in [2.24, 2.45) is 12.8 Å². The molecule has 0 fully saturated rings. The average molecular weight is 312 g/mol. The molecule has 2 heterocycles. The zero-order valence-corrected chi connectivity index (χ0v) is 13.0. The third-order valence-electron chi connectivity index (χ3n) is 2.92. The fraction of sp³-hybridized carbons (Fsp3) is 0.462. The van der Waals surface area contributed by atoms with Gasteiger partial charge >= 0.3 is 0 Å². The van der Waals surface area contributed by atoms with E-state index in [1.807, 2.05) is 13.8 Å². The van der Waals surface area contributed by atoms with Gasteiger partial charge in [-0.15, -0.1) is 0 Å². The first-order valence-electron chi connectivity index (χ1n) is 6.52. The van der Waals surface area contributed by atoms with Crippen LogP contribution in [0.2, 0.25) is 5.02 Å². The third-order valence-corrected chi connectivity index (χ3v) is 3.41. The maximum atomic E-state index is 12.0. The van der Waals surface area contributed by atoms with Gasteiger partial charge in [-0.3, -0.25) is 9.48 Å². The number of aromatic nitrogens is 4. The van der Waals surface area contributed by atoms with Crippen LogP contribution in [0.1, 0.15) is 18.3 Å². The van der Waals surface area contributed by atoms with Gasteiger partial charge in [-0.1, -0.05) is 11.6 Å². The quantitative estimate of drug-likeness (QED) is 0.878. The Bertz CT molecular complexity index is 692. The monoisotopic (exact) mass is 311 g/mol. The number of rotatable bonds is 5. The predicted octanol–water partition coefficient (Wildman–Crippen LogP) is 0.713. The van der Waals surface area contributed by atoms with Crippen LogP contribution in [0.3, 0.4) is 0 Å². The normalized spacial score (nSPS) is 12.4. The van der Waals surface area contributed by atoms with Crippen molar-refractivity contribution in [1.29, 1.82) is 0 Å². The van der Waals surface area contributed by atoms with E-state index in [0.29, 0.717) is 17.4 Å². The number of aryl methyl sites for hydroxylation is 2. The predicted molar refractivity (Wildman–Crippen MR) is 79.7 cm³/mol. The lowest BCUT2D eigenvalue weighted by Gasteiger charge is -2.09. The van der Waals surface area contributed by atoms with E-state index in [1.54, 1.807) is 11.7 Å². The molecule has 0 saturated heterocycles. The number of halogens is 1. The molecule has 114 valence electrons. The largest absolute Gasteiger partial charge is 0.490 e. The summed E-state index contributed by atoms with van der Waals surface area (Å²) in [6.45, 7) is 4.22. The van der Waals surface area contributed by atoms with Crippen LogP contribution >= 0.6 is 11.6 Å². The molecular formula is C13H18ClN5O2. The highest BCUT2D eigenvalue weighted by molar-refractivity contribution is 6.31. The van der Waals surface area contributed by atoms with Crippen molar-refractivity contribution in [3.8, 4) is 5.75 Å². The number of hydrogen-bond acceptors (Lipinski definition) is 5. The van der Waals surface area contributed by atoms with Crippen molar-refractivity contribution in [2.75, 3.05) is 6.61 Å². The van der Waals surface area contributed by atoms with Gasteiger partial charge in [0.2, 0.25) is 0 Å². The molecule has 0 aliphatic rings. The maximum Gasteiger partial charge on any atom is 0.270 e. The minimum Gasteiger partial charge on any atom is -0.490 e. The fourth-order valence-electron chi connectivity index (χ4n) is 1.84. The van der Waals surface area contributed by atoms with E-state index in [0.717, 1.165) is 11.4 Å². The van der Waals surface area contributed by atoms with Gasteiger partial charge in [0.25, 0.3) is 5.56 Å². The highest BCUT2D eigenvalue weighted by Crippen LogP contribution is 2.19. The Morgan fingerprint density at radius 3 is 2.76 bits per heavy atom. The summed E-state index contributed by atoms with van der Waals surface area (Å²) >= 11 is 6.17. The summed E-state index contributed by atoms with van der Waals surface area (Å²) in [6.07, 6.45) is 1.49. The summed E-state index contributed by atoms with van der Waals surface area (Å²) in [4.78, 5) is 12.0. The molecule has 21 heavy (non-hydrogen) atoms. The lowest BCUT2D eigenvalue weighted by molar-refractivity contribution is 0.293. The van der Waals surface area contributed by atoms with Gasteiger partial charge in [-0.05, 0) is 13.8 Å². The second-order valence-corrected chi connectivity index (χ2v) is 5.32. The van der Waals surface area contributed by atoms with Gasteiger partial charge in [0.15, 0.2) is 0 Å². The molecule has 0 aliphatic heterocycles. The lowest BCUT2D eigenvalue weighted by atomic mass is 10.3. The summed E-state index contributed by atoms with van der Waals surface area (Å²) in [7, 11) is 1.78. The van der Waals surface area contributed by atoms with Gasteiger partial charge in [0.1, 0.15) is 12.4 Å². The van der Waals surface area contributed by atoms with Crippen LogP contribution < -0.4 is 16.0 Å². The maximum absolute atomic E-state index is 12.0. The van der Waals surface area contributed by atoms with Crippen molar-refractivity contribution in [3.63, 3.8) is 0 Å². The standard InChI is InChI=1S/C13H18ClN5O2/c1-8(15)7-21-10-4-12(20)19(16-5-10)6-11-13(14)9(2)17-18(11)3/h4-5,8H,6-7,15H2,1-3H3.